The van der Waals surface area contributed by atoms with Crippen molar-refractivity contribution in [1.29, 1.82) is 0 Å². The van der Waals surface area contributed by atoms with E-state index in [0.29, 0.717) is 79.0 Å². The molecule has 39 nitrogen and oxygen atoms in total. The molecule has 1 aliphatic rings. The van der Waals surface area contributed by atoms with Crippen molar-refractivity contribution in [2.75, 3.05) is 44.2 Å². The number of aliphatic hydroxyl groups is 1. The largest absolute Gasteiger partial charge is 0.508 e. The van der Waals surface area contributed by atoms with Gasteiger partial charge >= 0.3 is 0 Å². The first-order valence-corrected chi connectivity index (χ1v) is 50.4. The van der Waals surface area contributed by atoms with Gasteiger partial charge in [0.1, 0.15) is 90.3 Å². The van der Waals surface area contributed by atoms with E-state index in [-0.39, 0.29) is 113 Å². The fraction of sp³-hybridized carbons (Fsp3) is 0.621. The molecule has 4 unspecified atom stereocenters. The zero-order valence-electron chi connectivity index (χ0n) is 80.1. The Labute approximate surface area is 806 Å². The molecule has 28 N–H and O–H groups in total. The van der Waals surface area contributed by atoms with Gasteiger partial charge in [-0.2, -0.15) is 0 Å². The lowest BCUT2D eigenvalue weighted by Gasteiger charge is -2.28. The van der Waals surface area contributed by atoms with E-state index in [2.05, 4.69) is 91.7 Å². The zero-order valence-corrected chi connectivity index (χ0v) is 81.7. The van der Waals surface area contributed by atoms with Crippen molar-refractivity contribution in [3.8, 4) is 5.75 Å². The number of carbonyl (C=O) groups excluding carboxylic acids is 16. The van der Waals surface area contributed by atoms with Crippen molar-refractivity contribution in [2.24, 2.45) is 40.5 Å². The average Bonchev–Trinajstić information content (AvgIpc) is 1.69. The highest BCUT2D eigenvalue weighted by atomic mass is 33.1. The summed E-state index contributed by atoms with van der Waals surface area (Å²) in [5.74, 6) is -14.9. The Hall–Kier alpha value is -11.0. The molecule has 0 saturated carbocycles. The molecule has 136 heavy (non-hydrogen) atoms. The van der Waals surface area contributed by atoms with Crippen LogP contribution in [-0.2, 0) is 96.0 Å². The summed E-state index contributed by atoms with van der Waals surface area (Å²) >= 11 is 0. The van der Waals surface area contributed by atoms with Crippen LogP contribution in [0.15, 0.2) is 85.1 Å². The number of amides is 16. The third-order valence-electron chi connectivity index (χ3n) is 23.3. The average molecular weight is 1940 g/mol. The van der Waals surface area contributed by atoms with Gasteiger partial charge < -0.3 is 124 Å². The third kappa shape index (κ3) is 42.3. The van der Waals surface area contributed by atoms with Gasteiger partial charge in [0.15, 0.2) is 0 Å². The molecule has 1 aliphatic heterocycles. The van der Waals surface area contributed by atoms with Crippen LogP contribution in [0.3, 0.4) is 0 Å². The number of unbranched alkanes of at least 4 members (excludes halogenated alkanes) is 14. The van der Waals surface area contributed by atoms with Gasteiger partial charge in [0, 0.05) is 54.3 Å². The number of hydrogen-bond acceptors (Lipinski definition) is 24. The molecule has 5 rings (SSSR count). The summed E-state index contributed by atoms with van der Waals surface area (Å²) in [7, 11) is 1.83. The Bertz CT molecular complexity index is 4460. The Morgan fingerprint density at radius 2 is 0.912 bits per heavy atom. The van der Waals surface area contributed by atoms with Gasteiger partial charge in [-0.15, -0.1) is 0 Å². The number of aromatic nitrogens is 1. The van der Waals surface area contributed by atoms with Gasteiger partial charge in [-0.3, -0.25) is 76.7 Å². The van der Waals surface area contributed by atoms with Crippen LogP contribution < -0.4 is 108 Å². The van der Waals surface area contributed by atoms with Crippen LogP contribution >= 0.6 is 21.6 Å². The number of nitrogens with two attached hydrogens (primary N) is 5. The normalized spacial score (nSPS) is 17.9. The maximum Gasteiger partial charge on any atom is 0.244 e. The van der Waals surface area contributed by atoms with Crippen LogP contribution in [0.2, 0.25) is 0 Å². The molecule has 0 aliphatic carbocycles. The van der Waals surface area contributed by atoms with Crippen molar-refractivity contribution >= 4 is 127 Å². The number of para-hydroxylation sites is 1. The minimum absolute atomic E-state index is 0.0112. The molecular weight excluding hydrogens is 1790 g/mol. The number of H-pyrrole nitrogens is 1. The first kappa shape index (κ1) is 116. The number of aromatic amines is 1. The first-order chi connectivity index (χ1) is 65.0. The van der Waals surface area contributed by atoms with Crippen LogP contribution in [-0.4, -0.2) is 245 Å². The molecule has 16 amide bonds. The number of hydrogen-bond donors (Lipinski definition) is 23. The molecule has 1 aromatic heterocycles. The summed E-state index contributed by atoms with van der Waals surface area (Å²) in [6.45, 7) is 13.2. The molecular formula is C95H151N21O18S2. The lowest BCUT2D eigenvalue weighted by Crippen LogP contribution is -2.61. The van der Waals surface area contributed by atoms with Crippen LogP contribution in [0.5, 0.6) is 5.75 Å². The molecule has 756 valence electrons. The number of phenolic OH excluding ortho intramolecular Hbond substituents is 1. The molecule has 0 bridgehead atoms. The van der Waals surface area contributed by atoms with E-state index in [1.165, 1.54) is 83.6 Å². The number of rotatable bonds is 59. The summed E-state index contributed by atoms with van der Waals surface area (Å²) in [6, 6.07) is 1.76. The number of benzene rings is 3. The predicted molar refractivity (Wildman–Crippen MR) is 524 cm³/mol. The number of aromatic hydroxyl groups is 1. The van der Waals surface area contributed by atoms with Crippen LogP contribution in [0.4, 0.5) is 0 Å². The molecule has 1 saturated heterocycles. The van der Waals surface area contributed by atoms with Crippen molar-refractivity contribution in [3.63, 3.8) is 0 Å². The van der Waals surface area contributed by atoms with Gasteiger partial charge in [0.2, 0.25) is 94.5 Å². The highest BCUT2D eigenvalue weighted by Crippen LogP contribution is 2.26. The Balaban J connectivity index is 1.36. The van der Waals surface area contributed by atoms with Gasteiger partial charge in [0.25, 0.3) is 0 Å². The molecule has 1 fully saturated rings. The minimum Gasteiger partial charge on any atom is -0.508 e. The Morgan fingerprint density at radius 1 is 0.434 bits per heavy atom. The molecule has 15 atom stereocenters. The highest BCUT2D eigenvalue weighted by Gasteiger charge is 2.39. The maximum atomic E-state index is 15.3. The number of fused-ring (bicyclic) bond motifs is 1. The number of primary amides is 1. The summed E-state index contributed by atoms with van der Waals surface area (Å²) in [4.78, 5) is 232. The van der Waals surface area contributed by atoms with E-state index in [4.69, 9.17) is 28.7 Å². The molecule has 3 aromatic carbocycles. The number of carbonyl (C=O) groups is 16. The third-order valence-corrected chi connectivity index (χ3v) is 25.8. The second-order valence-corrected chi connectivity index (χ2v) is 38.1. The van der Waals surface area contributed by atoms with E-state index >= 15 is 14.4 Å². The standard InChI is InChI=1S/C95H151N21O18S2/c1-9-10-11-12-13-14-15-16-17-18-22-41-77(119)114-79(57(2)3)95(134)115-80(58(4)5)94(133)104-59(6)83(122)103-60(7)84(123)106-69(38-26-30-47-97)86(125)108-70(39-27-31-48-98)87(126)107-68(37-25-29-46-96)85(124)102-54-78(120)105-72(50-62-33-20-19-21-34-62)89(128)113-75-55-135-136-56-76(93(132)116-81(61(8)117)82(100)121)112-88(127)71(40-28-32-49-99)109-91(130)74(52-64-53-101-67-36-24-23-35-66(64)67)111-90(129)73(110-92(75)131)51-63-42-44-65(118)45-43-63/h19-21,23-24,33-36,42-45,53,57-61,68-76,79-81,101,117-118H,9-18,22,25-32,37-41,46-52,54-56,96-99H2,1-8H3,(H2,100,121)(H,102,124)(H,103,122)(H,104,133)(H,105,120)(H,106,123)(H,107,126)(H,108,125)(H,109,130)(H,110,131)(H,111,129)(H,112,127)(H,113,128)(H,114,119)(H,115,134)(H,116,132)/t59-,60-,61+,68-,69-,70-,71?,72+,73?,74+,75?,76?,79-,80-,81-/m0/s1. The Morgan fingerprint density at radius 3 is 1.47 bits per heavy atom. The lowest BCUT2D eigenvalue weighted by molar-refractivity contribution is -0.136. The topological polar surface area (TPSA) is 640 Å². The van der Waals surface area contributed by atoms with Crippen molar-refractivity contribution < 1.29 is 86.9 Å². The van der Waals surface area contributed by atoms with E-state index in [0.717, 1.165) is 47.3 Å². The molecule has 2 heterocycles. The fourth-order valence-corrected chi connectivity index (χ4v) is 17.5. The van der Waals surface area contributed by atoms with Crippen molar-refractivity contribution in [2.45, 2.75) is 319 Å². The number of aliphatic hydroxyl groups excluding tert-OH is 1. The van der Waals surface area contributed by atoms with Gasteiger partial charge in [-0.1, -0.05) is 181 Å². The smallest absolute Gasteiger partial charge is 0.244 e. The number of nitrogens with one attached hydrogen (secondary N) is 16. The summed E-state index contributed by atoms with van der Waals surface area (Å²) < 4.78 is 0. The van der Waals surface area contributed by atoms with E-state index in [9.17, 15) is 72.5 Å². The van der Waals surface area contributed by atoms with E-state index < -0.39 is 192 Å². The molecule has 4 aromatic rings. The predicted octanol–water partition coefficient (Wildman–Crippen LogP) is 1.63. The monoisotopic (exact) mass is 1940 g/mol. The first-order valence-electron chi connectivity index (χ1n) is 47.9. The Kier molecular flexibility index (Phi) is 53.9. The van der Waals surface area contributed by atoms with E-state index in [1.807, 2.05) is 0 Å². The molecule has 0 radical (unpaired) electrons. The maximum absolute atomic E-state index is 15.3. The zero-order chi connectivity index (χ0) is 100. The quantitative estimate of drug-likeness (QED) is 0.0221. The second kappa shape index (κ2) is 63.4. The van der Waals surface area contributed by atoms with Crippen molar-refractivity contribution in [3.05, 3.63) is 102 Å². The SMILES string of the molecule is CCCCCCCCCCCCCC(=O)N[C@H](C(=O)N[C@H](C(=O)N[C@@H](C)C(=O)N[C@@H](C)C(=O)N[C@@H](CCCCN)C(=O)N[C@@H](CCCCN)C(=O)N[C@@H](CCCCN)C(=O)NCC(=O)N[C@H](Cc1ccccc1)C(=O)NC1CSSCC(C(=O)N[C@H](C(N)=O)[C@@H](C)O)NC(=O)C(CCCCN)NC(=O)[C@@H](Cc2c[nH]c3ccccc23)NC(=O)C(Cc2ccc(O)cc2)NC1=O)C(C)C)C(C)C. The number of phenols is 1. The highest BCUT2D eigenvalue weighted by molar-refractivity contribution is 8.76. The van der Waals surface area contributed by atoms with Gasteiger partial charge in [-0.25, -0.2) is 0 Å². The van der Waals surface area contributed by atoms with Crippen molar-refractivity contribution in [1.82, 2.24) is 84.7 Å². The minimum atomic E-state index is -1.64. The van der Waals surface area contributed by atoms with E-state index in [1.54, 1.807) is 88.5 Å². The lowest BCUT2D eigenvalue weighted by atomic mass is 9.99. The summed E-state index contributed by atoms with van der Waals surface area (Å²) in [5, 5.41) is 61.8. The second-order valence-electron chi connectivity index (χ2n) is 35.6. The summed E-state index contributed by atoms with van der Waals surface area (Å²) in [6.07, 6.45) is 14.8. The summed E-state index contributed by atoms with van der Waals surface area (Å²) in [5.41, 5.74) is 31.3. The molecule has 0 spiro atoms. The fourth-order valence-electron chi connectivity index (χ4n) is 15.2. The molecule has 41 heteroatoms. The van der Waals surface area contributed by atoms with Gasteiger partial charge in [-0.05, 0) is 177 Å². The van der Waals surface area contributed by atoms with Crippen LogP contribution in [0.25, 0.3) is 10.9 Å². The van der Waals surface area contributed by atoms with Crippen LogP contribution in [0, 0.1) is 11.8 Å². The van der Waals surface area contributed by atoms with Gasteiger partial charge in [0.05, 0.1) is 12.6 Å². The van der Waals surface area contributed by atoms with Crippen LogP contribution in [0.1, 0.15) is 226 Å².